The van der Waals surface area contributed by atoms with Crippen molar-refractivity contribution >= 4 is 44.4 Å². The molecule has 0 unspecified atom stereocenters. The fraction of sp³-hybridized carbons (Fsp3) is 0.235. The van der Waals surface area contributed by atoms with Gasteiger partial charge in [0.05, 0.1) is 15.9 Å². The predicted octanol–water partition coefficient (Wildman–Crippen LogP) is 7.45. The lowest BCUT2D eigenvalue weighted by atomic mass is 9.98. The molecular formula is C34H32N4O5S. The molecule has 9 nitrogen and oxygen atoms in total. The molecule has 224 valence electrons. The summed E-state index contributed by atoms with van der Waals surface area (Å²) in [6.45, 7) is 3.12. The fourth-order valence-electron chi connectivity index (χ4n) is 5.26. The zero-order valence-corrected chi connectivity index (χ0v) is 25.1. The lowest BCUT2D eigenvalue weighted by molar-refractivity contribution is 0.0684. The van der Waals surface area contributed by atoms with E-state index >= 15 is 0 Å². The Labute approximate surface area is 259 Å². The van der Waals surface area contributed by atoms with Crippen LogP contribution in [0.5, 0.6) is 11.5 Å². The molecule has 3 heterocycles. The molecule has 0 atom stereocenters. The number of para-hydroxylation sites is 1. The van der Waals surface area contributed by atoms with Crippen molar-refractivity contribution < 1.29 is 24.2 Å². The molecule has 10 heteroatoms. The Hall–Kier alpha value is -4.96. The number of pyridine rings is 1. The van der Waals surface area contributed by atoms with Gasteiger partial charge in [-0.15, -0.1) is 0 Å². The highest BCUT2D eigenvalue weighted by molar-refractivity contribution is 7.22. The normalized spacial score (nSPS) is 12.5. The number of carboxylic acid groups (broad SMARTS) is 1. The number of urea groups is 1. The Balaban J connectivity index is 1.15. The average molecular weight is 609 g/mol. The monoisotopic (exact) mass is 608 g/mol. The number of carbonyl (C=O) groups excluding carboxylic acids is 1. The van der Waals surface area contributed by atoms with Gasteiger partial charge >= 0.3 is 12.0 Å². The summed E-state index contributed by atoms with van der Waals surface area (Å²) < 4.78 is 12.5. The number of anilines is 2. The minimum atomic E-state index is -1.19. The second-order valence-corrected chi connectivity index (χ2v) is 11.5. The summed E-state index contributed by atoms with van der Waals surface area (Å²) in [5, 5.41) is 13.4. The van der Waals surface area contributed by atoms with Crippen LogP contribution in [-0.2, 0) is 12.8 Å². The largest absolute Gasteiger partial charge is 0.490 e. The molecule has 44 heavy (non-hydrogen) atoms. The van der Waals surface area contributed by atoms with Gasteiger partial charge in [-0.25, -0.2) is 19.6 Å². The van der Waals surface area contributed by atoms with Gasteiger partial charge in [0.25, 0.3) is 0 Å². The first-order valence-electron chi connectivity index (χ1n) is 14.6. The van der Waals surface area contributed by atoms with E-state index in [1.165, 1.54) is 16.9 Å². The van der Waals surface area contributed by atoms with E-state index in [9.17, 15) is 14.7 Å². The molecule has 1 aliphatic heterocycles. The number of nitrogens with one attached hydrogen (secondary N) is 1. The second kappa shape index (κ2) is 13.1. The smallest absolute Gasteiger partial charge is 0.358 e. The first kappa shape index (κ1) is 29.1. The van der Waals surface area contributed by atoms with Gasteiger partial charge in [0.1, 0.15) is 19.0 Å². The van der Waals surface area contributed by atoms with Crippen molar-refractivity contribution in [3.05, 3.63) is 95.7 Å². The van der Waals surface area contributed by atoms with Gasteiger partial charge in [-0.2, -0.15) is 0 Å². The van der Waals surface area contributed by atoms with Crippen LogP contribution in [0.4, 0.5) is 15.6 Å². The van der Waals surface area contributed by atoms with Crippen molar-refractivity contribution in [1.29, 1.82) is 0 Å². The number of carbonyl (C=O) groups is 2. The summed E-state index contributed by atoms with van der Waals surface area (Å²) in [4.78, 5) is 36.1. The van der Waals surface area contributed by atoms with Crippen LogP contribution in [0.1, 0.15) is 41.4 Å². The second-order valence-electron chi connectivity index (χ2n) is 10.5. The van der Waals surface area contributed by atoms with Gasteiger partial charge in [0.15, 0.2) is 16.6 Å². The summed E-state index contributed by atoms with van der Waals surface area (Å²) in [7, 11) is 0. The van der Waals surface area contributed by atoms with E-state index in [0.717, 1.165) is 52.9 Å². The number of ether oxygens (including phenoxy) is 2. The van der Waals surface area contributed by atoms with Gasteiger partial charge in [0, 0.05) is 17.8 Å². The van der Waals surface area contributed by atoms with Gasteiger partial charge < -0.3 is 14.6 Å². The number of aromatic carboxylic acids is 1. The average Bonchev–Trinajstić information content (AvgIpc) is 3.45. The third-order valence-corrected chi connectivity index (χ3v) is 8.34. The number of aromatic nitrogens is 2. The molecule has 0 radical (unpaired) electrons. The number of rotatable bonds is 10. The van der Waals surface area contributed by atoms with E-state index < -0.39 is 5.97 Å². The van der Waals surface area contributed by atoms with Crippen LogP contribution in [0.2, 0.25) is 0 Å². The van der Waals surface area contributed by atoms with Crippen molar-refractivity contribution in [1.82, 2.24) is 9.97 Å². The van der Waals surface area contributed by atoms with Crippen LogP contribution < -0.4 is 19.7 Å². The minimum Gasteiger partial charge on any atom is -0.490 e. The standard InChI is InChI=1S/C34H32N4O5S/c1-2-6-22-10-14-25(15-11-22)42-19-20-43-29-17-16-26(35-31(29)32(39)40)24-13-12-23-7-5-18-38(28(23)21-24)34(41)37-33-36-27-8-3-4-9-30(27)44-33/h3-4,8-17,21H,2,5-7,18-20H2,1H3,(H,39,40)(H,36,37,41). The SMILES string of the molecule is CCCc1ccc(OCCOc2ccc(-c3ccc4c(c3)N(C(=O)Nc3nc5ccccc5s3)CCC4)nc2C(=O)O)cc1. The van der Waals surface area contributed by atoms with Crippen molar-refractivity contribution in [3.63, 3.8) is 0 Å². The van der Waals surface area contributed by atoms with E-state index in [-0.39, 0.29) is 30.7 Å². The number of amides is 2. The quantitative estimate of drug-likeness (QED) is 0.158. The summed E-state index contributed by atoms with van der Waals surface area (Å²) in [6.07, 6.45) is 3.78. The van der Waals surface area contributed by atoms with Crippen LogP contribution in [0.25, 0.3) is 21.5 Å². The molecule has 0 aliphatic carbocycles. The number of aryl methyl sites for hydroxylation is 2. The molecule has 2 amide bonds. The molecule has 0 saturated heterocycles. The molecule has 3 aromatic carbocycles. The first-order chi connectivity index (χ1) is 21.5. The van der Waals surface area contributed by atoms with E-state index in [1.54, 1.807) is 17.0 Å². The number of benzene rings is 3. The van der Waals surface area contributed by atoms with Gasteiger partial charge in [-0.05, 0) is 72.9 Å². The van der Waals surface area contributed by atoms with Crippen LogP contribution in [0.3, 0.4) is 0 Å². The molecule has 2 aromatic heterocycles. The Morgan fingerprint density at radius 2 is 1.80 bits per heavy atom. The van der Waals surface area contributed by atoms with Gasteiger partial charge in [-0.3, -0.25) is 10.2 Å². The Morgan fingerprint density at radius 3 is 2.59 bits per heavy atom. The minimum absolute atomic E-state index is 0.162. The molecule has 0 spiro atoms. The molecular weight excluding hydrogens is 576 g/mol. The molecule has 0 fully saturated rings. The van der Waals surface area contributed by atoms with Crippen LogP contribution >= 0.6 is 11.3 Å². The Bertz CT molecular complexity index is 1770. The maximum Gasteiger partial charge on any atom is 0.358 e. The zero-order chi connectivity index (χ0) is 30.5. The van der Waals surface area contributed by atoms with Crippen LogP contribution in [0.15, 0.2) is 78.9 Å². The third-order valence-electron chi connectivity index (χ3n) is 7.39. The van der Waals surface area contributed by atoms with E-state index in [4.69, 9.17) is 9.47 Å². The predicted molar refractivity (Wildman–Crippen MR) is 172 cm³/mol. The lowest BCUT2D eigenvalue weighted by Gasteiger charge is -2.29. The maximum atomic E-state index is 13.4. The summed E-state index contributed by atoms with van der Waals surface area (Å²) >= 11 is 1.43. The fourth-order valence-corrected chi connectivity index (χ4v) is 6.11. The Morgan fingerprint density at radius 1 is 0.977 bits per heavy atom. The van der Waals surface area contributed by atoms with Crippen LogP contribution in [0, 0.1) is 0 Å². The molecule has 5 aromatic rings. The number of hydrogen-bond donors (Lipinski definition) is 2. The third kappa shape index (κ3) is 6.50. The van der Waals surface area contributed by atoms with Crippen molar-refractivity contribution in [2.24, 2.45) is 0 Å². The van der Waals surface area contributed by atoms with E-state index in [2.05, 4.69) is 22.2 Å². The molecule has 6 rings (SSSR count). The first-order valence-corrected chi connectivity index (χ1v) is 15.5. The highest BCUT2D eigenvalue weighted by Crippen LogP contribution is 2.34. The highest BCUT2D eigenvalue weighted by atomic mass is 32.1. The molecule has 0 saturated carbocycles. The number of carboxylic acids is 1. The molecule has 1 aliphatic rings. The number of hydrogen-bond acceptors (Lipinski definition) is 7. The number of thiazole rings is 1. The maximum absolute atomic E-state index is 13.4. The van der Waals surface area contributed by atoms with Crippen molar-refractivity contribution in [2.45, 2.75) is 32.6 Å². The van der Waals surface area contributed by atoms with E-state index in [1.807, 2.05) is 66.7 Å². The highest BCUT2D eigenvalue weighted by Gasteiger charge is 2.25. The van der Waals surface area contributed by atoms with Crippen LogP contribution in [-0.4, -0.2) is 46.8 Å². The molecule has 2 N–H and O–H groups in total. The topological polar surface area (TPSA) is 114 Å². The summed E-state index contributed by atoms with van der Waals surface area (Å²) in [5.41, 5.74) is 4.89. The number of fused-ring (bicyclic) bond motifs is 2. The summed E-state index contributed by atoms with van der Waals surface area (Å²) in [6, 6.07) is 24.5. The molecule has 0 bridgehead atoms. The lowest BCUT2D eigenvalue weighted by Crippen LogP contribution is -2.38. The Kier molecular flexibility index (Phi) is 8.69. The van der Waals surface area contributed by atoms with Gasteiger partial charge in [-0.1, -0.05) is 61.1 Å². The van der Waals surface area contributed by atoms with Crippen molar-refractivity contribution in [3.8, 4) is 22.8 Å². The summed E-state index contributed by atoms with van der Waals surface area (Å²) in [5.74, 6) is -0.294. The van der Waals surface area contributed by atoms with E-state index in [0.29, 0.717) is 22.9 Å². The van der Waals surface area contributed by atoms with Crippen molar-refractivity contribution in [2.75, 3.05) is 30.0 Å². The van der Waals surface area contributed by atoms with Gasteiger partial charge in [0.2, 0.25) is 0 Å². The number of nitrogens with zero attached hydrogens (tertiary/aromatic N) is 3. The zero-order valence-electron chi connectivity index (χ0n) is 24.3.